The summed E-state index contributed by atoms with van der Waals surface area (Å²) in [5.74, 6) is -2.13. The molecule has 19 heavy (non-hydrogen) atoms. The lowest BCUT2D eigenvalue weighted by Gasteiger charge is -2.24. The van der Waals surface area contributed by atoms with E-state index in [0.717, 1.165) is 5.56 Å². The topological polar surface area (TPSA) is 54.4 Å². The van der Waals surface area contributed by atoms with Gasteiger partial charge in [-0.05, 0) is 43.5 Å². The summed E-state index contributed by atoms with van der Waals surface area (Å²) in [6, 6.07) is 5.07. The zero-order chi connectivity index (χ0) is 14.0. The molecule has 1 aromatic carbocycles. The third kappa shape index (κ3) is 2.87. The predicted octanol–water partition coefficient (Wildman–Crippen LogP) is 3.50. The van der Waals surface area contributed by atoms with Gasteiger partial charge in [0.15, 0.2) is 5.78 Å². The van der Waals surface area contributed by atoms with E-state index in [9.17, 15) is 14.7 Å². The van der Waals surface area contributed by atoms with Crippen molar-refractivity contribution in [2.45, 2.75) is 19.8 Å². The lowest BCUT2D eigenvalue weighted by atomic mass is 9.78. The van der Waals surface area contributed by atoms with Crippen LogP contribution in [0, 0.1) is 18.8 Å². The van der Waals surface area contributed by atoms with Gasteiger partial charge in [-0.15, -0.1) is 0 Å². The number of carbonyl (C=O) groups excluding carboxylic acids is 1. The van der Waals surface area contributed by atoms with E-state index in [-0.39, 0.29) is 5.78 Å². The van der Waals surface area contributed by atoms with Crippen molar-refractivity contribution in [3.05, 3.63) is 46.5 Å². The highest BCUT2D eigenvalue weighted by atomic mass is 35.5. The maximum absolute atomic E-state index is 12.5. The largest absolute Gasteiger partial charge is 0.481 e. The monoisotopic (exact) mass is 278 g/mol. The Bertz CT molecular complexity index is 548. The van der Waals surface area contributed by atoms with Gasteiger partial charge in [0.1, 0.15) is 0 Å². The number of carboxylic acids is 1. The number of benzene rings is 1. The molecule has 0 saturated carbocycles. The van der Waals surface area contributed by atoms with Crippen molar-refractivity contribution in [2.75, 3.05) is 0 Å². The fourth-order valence-electron chi connectivity index (χ4n) is 2.48. The first-order valence-electron chi connectivity index (χ1n) is 6.19. The van der Waals surface area contributed by atoms with Crippen LogP contribution in [-0.2, 0) is 4.79 Å². The zero-order valence-corrected chi connectivity index (χ0v) is 11.4. The first-order valence-corrected chi connectivity index (χ1v) is 6.56. The fourth-order valence-corrected chi connectivity index (χ4v) is 2.71. The number of allylic oxidation sites excluding steroid dienone is 2. The molecule has 0 aromatic heterocycles. The van der Waals surface area contributed by atoms with Crippen molar-refractivity contribution >= 4 is 23.4 Å². The molecule has 0 amide bonds. The Morgan fingerprint density at radius 1 is 1.21 bits per heavy atom. The van der Waals surface area contributed by atoms with E-state index in [4.69, 9.17) is 11.6 Å². The summed E-state index contributed by atoms with van der Waals surface area (Å²) in [6.45, 7) is 1.81. The van der Waals surface area contributed by atoms with E-state index < -0.39 is 17.8 Å². The molecule has 4 heteroatoms. The lowest BCUT2D eigenvalue weighted by Crippen LogP contribution is -2.31. The molecule has 2 atom stereocenters. The lowest BCUT2D eigenvalue weighted by molar-refractivity contribution is -0.143. The molecule has 0 spiro atoms. The van der Waals surface area contributed by atoms with Crippen molar-refractivity contribution in [1.82, 2.24) is 0 Å². The summed E-state index contributed by atoms with van der Waals surface area (Å²) >= 11 is 5.87. The second-order valence-electron chi connectivity index (χ2n) is 4.82. The van der Waals surface area contributed by atoms with Crippen molar-refractivity contribution in [3.63, 3.8) is 0 Å². The van der Waals surface area contributed by atoms with Crippen LogP contribution < -0.4 is 0 Å². The summed E-state index contributed by atoms with van der Waals surface area (Å²) in [7, 11) is 0. The minimum absolute atomic E-state index is 0.106. The van der Waals surface area contributed by atoms with E-state index in [1.54, 1.807) is 18.2 Å². The smallest absolute Gasteiger partial charge is 0.307 e. The number of rotatable bonds is 3. The molecule has 0 saturated heterocycles. The second kappa shape index (κ2) is 5.57. The molecule has 1 aromatic rings. The fraction of sp³-hybridized carbons (Fsp3) is 0.333. The molecule has 3 nitrogen and oxygen atoms in total. The van der Waals surface area contributed by atoms with Crippen LogP contribution >= 0.6 is 11.6 Å². The molecule has 2 rings (SSSR count). The summed E-state index contributed by atoms with van der Waals surface area (Å²) in [6.07, 6.45) is 4.61. The SMILES string of the molecule is Cc1cc(Cl)ccc1C(=O)C1CC=CCC1C(=O)O. The third-order valence-electron chi connectivity index (χ3n) is 3.54. The number of hydrogen-bond acceptors (Lipinski definition) is 2. The van der Waals surface area contributed by atoms with Crippen LogP contribution in [0.3, 0.4) is 0 Å². The number of ketones is 1. The van der Waals surface area contributed by atoms with Crippen molar-refractivity contribution in [1.29, 1.82) is 0 Å². The Labute approximate surface area is 116 Å². The van der Waals surface area contributed by atoms with Gasteiger partial charge in [-0.25, -0.2) is 0 Å². The quantitative estimate of drug-likeness (QED) is 0.680. The van der Waals surface area contributed by atoms with Crippen LogP contribution in [0.15, 0.2) is 30.4 Å². The Morgan fingerprint density at radius 2 is 1.84 bits per heavy atom. The van der Waals surface area contributed by atoms with Crippen LogP contribution in [0.1, 0.15) is 28.8 Å². The van der Waals surface area contributed by atoms with Gasteiger partial charge in [0.25, 0.3) is 0 Å². The number of carbonyl (C=O) groups is 2. The molecule has 1 N–H and O–H groups in total. The standard InChI is InChI=1S/C15H15ClO3/c1-9-8-10(16)6-7-11(9)14(17)12-4-2-3-5-13(12)15(18)19/h2-3,6-8,12-13H,4-5H2,1H3,(H,18,19). The van der Waals surface area contributed by atoms with Crippen LogP contribution in [0.2, 0.25) is 5.02 Å². The summed E-state index contributed by atoms with van der Waals surface area (Å²) in [5.41, 5.74) is 1.35. The number of aliphatic carboxylic acids is 1. The predicted molar refractivity (Wildman–Crippen MR) is 73.5 cm³/mol. The second-order valence-corrected chi connectivity index (χ2v) is 5.25. The van der Waals surface area contributed by atoms with Crippen molar-refractivity contribution in [2.24, 2.45) is 11.8 Å². The molecule has 0 bridgehead atoms. The van der Waals surface area contributed by atoms with E-state index in [0.29, 0.717) is 23.4 Å². The maximum Gasteiger partial charge on any atom is 0.307 e. The average molecular weight is 279 g/mol. The Kier molecular flexibility index (Phi) is 4.05. The van der Waals surface area contributed by atoms with Crippen LogP contribution in [-0.4, -0.2) is 16.9 Å². The molecule has 0 heterocycles. The van der Waals surface area contributed by atoms with Gasteiger partial charge in [-0.1, -0.05) is 23.8 Å². The van der Waals surface area contributed by atoms with Gasteiger partial charge in [0.05, 0.1) is 5.92 Å². The first-order chi connectivity index (χ1) is 9.00. The van der Waals surface area contributed by atoms with Gasteiger partial charge in [0, 0.05) is 16.5 Å². The highest BCUT2D eigenvalue weighted by Gasteiger charge is 2.34. The summed E-state index contributed by atoms with van der Waals surface area (Å²) in [4.78, 5) is 23.7. The molecule has 0 fully saturated rings. The van der Waals surface area contributed by atoms with Gasteiger partial charge < -0.3 is 5.11 Å². The highest BCUT2D eigenvalue weighted by molar-refractivity contribution is 6.30. The number of hydrogen-bond donors (Lipinski definition) is 1. The van der Waals surface area contributed by atoms with E-state index in [2.05, 4.69) is 0 Å². The maximum atomic E-state index is 12.5. The molecule has 2 unspecified atom stereocenters. The van der Waals surface area contributed by atoms with Crippen molar-refractivity contribution in [3.8, 4) is 0 Å². The van der Waals surface area contributed by atoms with Crippen molar-refractivity contribution < 1.29 is 14.7 Å². The number of halogens is 1. The molecule has 1 aliphatic carbocycles. The van der Waals surface area contributed by atoms with E-state index >= 15 is 0 Å². The van der Waals surface area contributed by atoms with Crippen LogP contribution in [0.25, 0.3) is 0 Å². The van der Waals surface area contributed by atoms with Gasteiger partial charge >= 0.3 is 5.97 Å². The Hall–Kier alpha value is -1.61. The van der Waals surface area contributed by atoms with Gasteiger partial charge in [-0.3, -0.25) is 9.59 Å². The Morgan fingerprint density at radius 3 is 2.42 bits per heavy atom. The van der Waals surface area contributed by atoms with E-state index in [1.807, 2.05) is 19.1 Å². The van der Waals surface area contributed by atoms with Crippen LogP contribution in [0.5, 0.6) is 0 Å². The number of Topliss-reactive ketones (excluding diaryl/α,β-unsaturated/α-hetero) is 1. The highest BCUT2D eigenvalue weighted by Crippen LogP contribution is 2.30. The molecule has 1 aliphatic rings. The summed E-state index contributed by atoms with van der Waals surface area (Å²) < 4.78 is 0. The molecular formula is C15H15ClO3. The minimum atomic E-state index is -0.908. The molecule has 100 valence electrons. The summed E-state index contributed by atoms with van der Waals surface area (Å²) in [5, 5.41) is 9.79. The van der Waals surface area contributed by atoms with Gasteiger partial charge in [0.2, 0.25) is 0 Å². The molecule has 0 radical (unpaired) electrons. The average Bonchev–Trinajstić information content (AvgIpc) is 2.38. The normalized spacial score (nSPS) is 22.2. The van der Waals surface area contributed by atoms with Crippen LogP contribution in [0.4, 0.5) is 0 Å². The molecule has 0 aliphatic heterocycles. The molecular weight excluding hydrogens is 264 g/mol. The minimum Gasteiger partial charge on any atom is -0.481 e. The van der Waals surface area contributed by atoms with Gasteiger partial charge in [-0.2, -0.15) is 0 Å². The first kappa shape index (κ1) is 13.8. The number of aryl methyl sites for hydroxylation is 1. The Balaban J connectivity index is 2.32. The third-order valence-corrected chi connectivity index (χ3v) is 3.78. The zero-order valence-electron chi connectivity index (χ0n) is 10.6. The van der Waals surface area contributed by atoms with E-state index in [1.165, 1.54) is 0 Å². The number of carboxylic acid groups (broad SMARTS) is 1.